The molecule has 0 spiro atoms. The molecule has 1 heterocycles. The summed E-state index contributed by atoms with van der Waals surface area (Å²) in [6.07, 6.45) is 2.70. The molecule has 1 aromatic heterocycles. The zero-order valence-corrected chi connectivity index (χ0v) is 11.5. The van der Waals surface area contributed by atoms with E-state index < -0.39 is 0 Å². The SMILES string of the molecule is Cc1ncc(COc2ccccc2CC(C)N)s1. The summed E-state index contributed by atoms with van der Waals surface area (Å²) in [7, 11) is 0. The fourth-order valence-electron chi connectivity index (χ4n) is 1.78. The third-order valence-corrected chi connectivity index (χ3v) is 3.44. The number of para-hydroxylation sites is 1. The van der Waals surface area contributed by atoms with Crippen molar-refractivity contribution in [1.82, 2.24) is 4.98 Å². The van der Waals surface area contributed by atoms with Gasteiger partial charge in [0.15, 0.2) is 0 Å². The summed E-state index contributed by atoms with van der Waals surface area (Å²) >= 11 is 1.67. The predicted molar refractivity (Wildman–Crippen MR) is 75.0 cm³/mol. The van der Waals surface area contributed by atoms with Gasteiger partial charge in [0.1, 0.15) is 12.4 Å². The van der Waals surface area contributed by atoms with Crippen LogP contribution >= 0.6 is 11.3 Å². The number of rotatable bonds is 5. The highest BCUT2D eigenvalue weighted by Crippen LogP contribution is 2.22. The maximum Gasteiger partial charge on any atom is 0.124 e. The highest BCUT2D eigenvalue weighted by Gasteiger charge is 2.06. The molecule has 3 nitrogen and oxygen atoms in total. The molecule has 0 saturated heterocycles. The Hall–Kier alpha value is -1.39. The Labute approximate surface area is 112 Å². The minimum atomic E-state index is 0.139. The van der Waals surface area contributed by atoms with Crippen molar-refractivity contribution in [3.05, 3.63) is 45.9 Å². The van der Waals surface area contributed by atoms with E-state index in [9.17, 15) is 0 Å². The molecule has 18 heavy (non-hydrogen) atoms. The van der Waals surface area contributed by atoms with Crippen LogP contribution in [0.2, 0.25) is 0 Å². The Morgan fingerprint density at radius 3 is 2.83 bits per heavy atom. The second-order valence-electron chi connectivity index (χ2n) is 4.42. The van der Waals surface area contributed by atoms with E-state index in [1.165, 1.54) is 0 Å². The van der Waals surface area contributed by atoms with E-state index in [1.807, 2.05) is 38.2 Å². The Bertz CT molecular complexity index is 508. The second kappa shape index (κ2) is 5.98. The van der Waals surface area contributed by atoms with E-state index >= 15 is 0 Å². The summed E-state index contributed by atoms with van der Waals surface area (Å²) in [5, 5.41) is 1.07. The lowest BCUT2D eigenvalue weighted by Gasteiger charge is -2.12. The molecular weight excluding hydrogens is 244 g/mol. The van der Waals surface area contributed by atoms with Gasteiger partial charge in [0, 0.05) is 12.2 Å². The van der Waals surface area contributed by atoms with E-state index in [1.54, 1.807) is 11.3 Å². The molecule has 0 bridgehead atoms. The number of thiazole rings is 1. The molecule has 0 aliphatic rings. The van der Waals surface area contributed by atoms with Crippen LogP contribution in [0.1, 0.15) is 22.4 Å². The van der Waals surface area contributed by atoms with Gasteiger partial charge in [0.25, 0.3) is 0 Å². The number of hydrogen-bond acceptors (Lipinski definition) is 4. The second-order valence-corrected chi connectivity index (χ2v) is 5.74. The molecule has 2 rings (SSSR count). The van der Waals surface area contributed by atoms with Crippen LogP contribution in [0.4, 0.5) is 0 Å². The van der Waals surface area contributed by atoms with Crippen LogP contribution in [-0.2, 0) is 13.0 Å². The van der Waals surface area contributed by atoms with Crippen LogP contribution in [-0.4, -0.2) is 11.0 Å². The quantitative estimate of drug-likeness (QED) is 0.901. The van der Waals surface area contributed by atoms with Crippen molar-refractivity contribution < 1.29 is 4.74 Å². The molecule has 0 aliphatic heterocycles. The normalized spacial score (nSPS) is 12.4. The zero-order valence-electron chi connectivity index (χ0n) is 10.7. The smallest absolute Gasteiger partial charge is 0.124 e. The molecule has 4 heteroatoms. The first-order valence-electron chi connectivity index (χ1n) is 6.02. The Morgan fingerprint density at radius 1 is 1.39 bits per heavy atom. The van der Waals surface area contributed by atoms with Gasteiger partial charge >= 0.3 is 0 Å². The average Bonchev–Trinajstić information content (AvgIpc) is 2.73. The van der Waals surface area contributed by atoms with Crippen molar-refractivity contribution in [2.24, 2.45) is 5.73 Å². The van der Waals surface area contributed by atoms with Gasteiger partial charge < -0.3 is 10.5 Å². The van der Waals surface area contributed by atoms with Crippen molar-refractivity contribution in [2.75, 3.05) is 0 Å². The molecule has 2 aromatic rings. The van der Waals surface area contributed by atoms with Crippen molar-refractivity contribution in [2.45, 2.75) is 32.9 Å². The van der Waals surface area contributed by atoms with Gasteiger partial charge in [-0.15, -0.1) is 11.3 Å². The van der Waals surface area contributed by atoms with Crippen LogP contribution in [0, 0.1) is 6.92 Å². The summed E-state index contributed by atoms with van der Waals surface area (Å²) in [6, 6.07) is 8.20. The van der Waals surface area contributed by atoms with Crippen molar-refractivity contribution in [3.63, 3.8) is 0 Å². The highest BCUT2D eigenvalue weighted by atomic mass is 32.1. The number of aromatic nitrogens is 1. The molecule has 2 N–H and O–H groups in total. The predicted octanol–water partition coefficient (Wildman–Crippen LogP) is 2.92. The van der Waals surface area contributed by atoms with Gasteiger partial charge in [-0.1, -0.05) is 18.2 Å². The third kappa shape index (κ3) is 3.55. The molecule has 96 valence electrons. The number of hydrogen-bond donors (Lipinski definition) is 1. The summed E-state index contributed by atoms with van der Waals surface area (Å²) in [4.78, 5) is 5.36. The fourth-order valence-corrected chi connectivity index (χ4v) is 2.49. The molecule has 1 unspecified atom stereocenters. The first-order chi connectivity index (χ1) is 8.65. The largest absolute Gasteiger partial charge is 0.488 e. The molecule has 0 saturated carbocycles. The minimum Gasteiger partial charge on any atom is -0.488 e. The molecule has 0 aliphatic carbocycles. The van der Waals surface area contributed by atoms with Gasteiger partial charge in [0.2, 0.25) is 0 Å². The number of benzene rings is 1. The lowest BCUT2D eigenvalue weighted by Crippen LogP contribution is -2.18. The lowest BCUT2D eigenvalue weighted by atomic mass is 10.1. The van der Waals surface area contributed by atoms with Crippen LogP contribution in [0.3, 0.4) is 0 Å². The first kappa shape index (κ1) is 13.1. The first-order valence-corrected chi connectivity index (χ1v) is 6.84. The monoisotopic (exact) mass is 262 g/mol. The van der Waals surface area contributed by atoms with Crippen molar-refractivity contribution in [1.29, 1.82) is 0 Å². The zero-order chi connectivity index (χ0) is 13.0. The maximum absolute atomic E-state index is 5.85. The van der Waals surface area contributed by atoms with Crippen LogP contribution in [0.15, 0.2) is 30.5 Å². The molecule has 0 radical (unpaired) electrons. The van der Waals surface area contributed by atoms with Crippen LogP contribution < -0.4 is 10.5 Å². The van der Waals surface area contributed by atoms with Crippen molar-refractivity contribution >= 4 is 11.3 Å². The summed E-state index contributed by atoms with van der Waals surface area (Å²) in [5.74, 6) is 0.917. The van der Waals surface area contributed by atoms with Crippen LogP contribution in [0.25, 0.3) is 0 Å². The lowest BCUT2D eigenvalue weighted by molar-refractivity contribution is 0.305. The highest BCUT2D eigenvalue weighted by molar-refractivity contribution is 7.11. The van der Waals surface area contributed by atoms with Crippen molar-refractivity contribution in [3.8, 4) is 5.75 Å². The maximum atomic E-state index is 5.85. The summed E-state index contributed by atoms with van der Waals surface area (Å²) < 4.78 is 5.85. The van der Waals surface area contributed by atoms with E-state index in [2.05, 4.69) is 11.1 Å². The number of aryl methyl sites for hydroxylation is 1. The Balaban J connectivity index is 2.04. The molecule has 1 atom stereocenters. The Morgan fingerprint density at radius 2 is 2.17 bits per heavy atom. The van der Waals surface area contributed by atoms with E-state index in [-0.39, 0.29) is 6.04 Å². The van der Waals surface area contributed by atoms with E-state index in [4.69, 9.17) is 10.5 Å². The Kier molecular flexibility index (Phi) is 4.33. The fraction of sp³-hybridized carbons (Fsp3) is 0.357. The van der Waals surface area contributed by atoms with E-state index in [0.717, 1.165) is 27.6 Å². The summed E-state index contributed by atoms with van der Waals surface area (Å²) in [6.45, 7) is 4.57. The van der Waals surface area contributed by atoms with Crippen LogP contribution in [0.5, 0.6) is 5.75 Å². The van der Waals surface area contributed by atoms with Gasteiger partial charge in [-0.05, 0) is 31.9 Å². The third-order valence-electron chi connectivity index (χ3n) is 2.55. The average molecular weight is 262 g/mol. The van der Waals surface area contributed by atoms with Gasteiger partial charge in [-0.25, -0.2) is 4.98 Å². The van der Waals surface area contributed by atoms with Gasteiger partial charge in [-0.3, -0.25) is 0 Å². The summed E-state index contributed by atoms with van der Waals surface area (Å²) in [5.41, 5.74) is 7.00. The number of nitrogens with two attached hydrogens (primary N) is 1. The molecule has 1 aromatic carbocycles. The van der Waals surface area contributed by atoms with Gasteiger partial charge in [0.05, 0.1) is 9.88 Å². The van der Waals surface area contributed by atoms with E-state index in [0.29, 0.717) is 6.61 Å². The number of ether oxygens (including phenoxy) is 1. The number of nitrogens with zero attached hydrogens (tertiary/aromatic N) is 1. The molecule has 0 fully saturated rings. The molecule has 0 amide bonds. The van der Waals surface area contributed by atoms with Gasteiger partial charge in [-0.2, -0.15) is 0 Å². The topological polar surface area (TPSA) is 48.1 Å². The standard InChI is InChI=1S/C14H18N2OS/c1-10(15)7-12-5-3-4-6-14(12)17-9-13-8-16-11(2)18-13/h3-6,8,10H,7,9,15H2,1-2H3. The molecular formula is C14H18N2OS. The minimum absolute atomic E-state index is 0.139.